The van der Waals surface area contributed by atoms with E-state index in [-0.39, 0.29) is 41.3 Å². The molecule has 39 heavy (non-hydrogen) atoms. The lowest BCUT2D eigenvalue weighted by atomic mass is 9.81. The minimum absolute atomic E-state index is 0.0185. The highest BCUT2D eigenvalue weighted by molar-refractivity contribution is 6.37. The Morgan fingerprint density at radius 1 is 1.03 bits per heavy atom. The third kappa shape index (κ3) is 3.68. The lowest BCUT2D eigenvalue weighted by Crippen LogP contribution is -2.40. The van der Waals surface area contributed by atoms with Crippen molar-refractivity contribution in [2.24, 2.45) is 0 Å². The van der Waals surface area contributed by atoms with E-state index in [4.69, 9.17) is 9.47 Å². The van der Waals surface area contributed by atoms with Gasteiger partial charge in [0.1, 0.15) is 17.1 Å². The van der Waals surface area contributed by atoms with Crippen molar-refractivity contribution in [1.29, 1.82) is 0 Å². The van der Waals surface area contributed by atoms with Crippen LogP contribution in [0.2, 0.25) is 0 Å². The van der Waals surface area contributed by atoms with Crippen LogP contribution in [0.3, 0.4) is 0 Å². The number of halogens is 3. The zero-order valence-corrected chi connectivity index (χ0v) is 20.4. The highest BCUT2D eigenvalue weighted by Gasteiger charge is 2.61. The fourth-order valence-corrected chi connectivity index (χ4v) is 5.57. The second kappa shape index (κ2) is 8.42. The first-order valence-corrected chi connectivity index (χ1v) is 12.0. The van der Waals surface area contributed by atoms with E-state index in [1.807, 2.05) is 0 Å². The van der Waals surface area contributed by atoms with Crippen molar-refractivity contribution in [3.8, 4) is 5.75 Å². The van der Waals surface area contributed by atoms with Gasteiger partial charge in [0.15, 0.2) is 0 Å². The fourth-order valence-electron chi connectivity index (χ4n) is 5.57. The Morgan fingerprint density at radius 3 is 2.38 bits per heavy atom. The van der Waals surface area contributed by atoms with Crippen LogP contribution >= 0.6 is 0 Å². The van der Waals surface area contributed by atoms with Gasteiger partial charge in [-0.25, -0.2) is 4.90 Å². The molecule has 0 fully saturated rings. The summed E-state index contributed by atoms with van der Waals surface area (Å²) in [6, 6.07) is 13.4. The lowest BCUT2D eigenvalue weighted by Gasteiger charge is -2.29. The van der Waals surface area contributed by atoms with Gasteiger partial charge in [0.05, 0.1) is 39.3 Å². The number of nitro groups is 1. The van der Waals surface area contributed by atoms with Crippen LogP contribution in [0.25, 0.3) is 10.8 Å². The van der Waals surface area contributed by atoms with Gasteiger partial charge >= 0.3 is 6.18 Å². The molecule has 2 bridgehead atoms. The number of nitro benzene ring substituents is 1. The summed E-state index contributed by atoms with van der Waals surface area (Å²) in [4.78, 5) is 39.5. The molecule has 3 aliphatic heterocycles. The van der Waals surface area contributed by atoms with Crippen LogP contribution in [-0.2, 0) is 20.5 Å². The zero-order chi connectivity index (χ0) is 27.7. The Bertz CT molecular complexity index is 1660. The Hall–Kier alpha value is -4.67. The molecule has 3 heterocycles. The van der Waals surface area contributed by atoms with Crippen molar-refractivity contribution in [1.82, 2.24) is 0 Å². The number of carbonyl (C=O) groups excluding carboxylic acids is 2. The SMILES string of the molecule is CC1=C2OC(CCOc3ccc(C(F)(F)F)cc3)(C1)C1=C2C(=O)N(c2ccc([N+](=O)[O-])c3ccccc23)C1=O. The number of non-ortho nitro benzene ring substituents is 1. The topological polar surface area (TPSA) is 99.0 Å². The minimum atomic E-state index is -4.46. The number of rotatable bonds is 6. The number of imide groups is 1. The smallest absolute Gasteiger partial charge is 0.416 e. The summed E-state index contributed by atoms with van der Waals surface area (Å²) in [5.41, 5.74) is -0.704. The standard InChI is InChI=1S/C28H19F3N2O6/c1-15-14-27(12-13-38-17-8-6-16(7-9-17)28(29,30)31)23-22(24(15)39-27)25(34)32(26(23)35)20-10-11-21(33(36)37)19-5-3-2-4-18(19)20/h2-11H,12-14H2,1H3. The maximum Gasteiger partial charge on any atom is 0.416 e. The Kier molecular flexibility index (Phi) is 5.32. The van der Waals surface area contributed by atoms with Crippen LogP contribution in [0.15, 0.2) is 83.1 Å². The molecule has 3 aromatic carbocycles. The maximum atomic E-state index is 13.8. The summed E-state index contributed by atoms with van der Waals surface area (Å²) < 4.78 is 50.3. The average molecular weight is 536 g/mol. The first-order chi connectivity index (χ1) is 18.5. The Morgan fingerprint density at radius 2 is 1.72 bits per heavy atom. The maximum absolute atomic E-state index is 13.8. The van der Waals surface area contributed by atoms with Crippen LogP contribution in [-0.4, -0.2) is 28.9 Å². The van der Waals surface area contributed by atoms with Gasteiger partial charge in [-0.2, -0.15) is 13.2 Å². The summed E-state index contributed by atoms with van der Waals surface area (Å²) in [5, 5.41) is 12.2. The molecule has 1 atom stereocenters. The number of nitrogens with zero attached hydrogens (tertiary/aromatic N) is 2. The number of hydrogen-bond acceptors (Lipinski definition) is 6. The third-order valence-electron chi connectivity index (χ3n) is 7.27. The van der Waals surface area contributed by atoms with Crippen LogP contribution in [0.1, 0.15) is 25.3 Å². The number of hydrogen-bond donors (Lipinski definition) is 0. The molecule has 3 aliphatic rings. The fraction of sp³-hybridized carbons (Fsp3) is 0.214. The molecule has 198 valence electrons. The monoisotopic (exact) mass is 536 g/mol. The van der Waals surface area contributed by atoms with Gasteiger partial charge in [-0.15, -0.1) is 0 Å². The van der Waals surface area contributed by atoms with Crippen LogP contribution in [0.5, 0.6) is 5.75 Å². The second-order valence-corrected chi connectivity index (χ2v) is 9.61. The molecular formula is C28H19F3N2O6. The van der Waals surface area contributed by atoms with E-state index in [1.165, 1.54) is 24.3 Å². The van der Waals surface area contributed by atoms with E-state index in [2.05, 4.69) is 0 Å². The number of anilines is 1. The number of ether oxygens (including phenoxy) is 2. The van der Waals surface area contributed by atoms with Gasteiger partial charge in [0.2, 0.25) is 0 Å². The molecule has 0 radical (unpaired) electrons. The van der Waals surface area contributed by atoms with Crippen molar-refractivity contribution < 1.29 is 37.2 Å². The minimum Gasteiger partial charge on any atom is -0.493 e. The lowest BCUT2D eigenvalue weighted by molar-refractivity contribution is -0.383. The van der Waals surface area contributed by atoms with Crippen molar-refractivity contribution >= 4 is 34.0 Å². The van der Waals surface area contributed by atoms with E-state index >= 15 is 0 Å². The molecule has 1 unspecified atom stereocenters. The molecular weight excluding hydrogens is 517 g/mol. The second-order valence-electron chi connectivity index (χ2n) is 9.61. The van der Waals surface area contributed by atoms with Gasteiger partial charge < -0.3 is 9.47 Å². The van der Waals surface area contributed by atoms with Gasteiger partial charge in [-0.1, -0.05) is 18.2 Å². The normalized spacial score (nSPS) is 20.3. The highest BCUT2D eigenvalue weighted by atomic mass is 19.4. The first kappa shape index (κ1) is 24.7. The number of benzene rings is 3. The molecule has 0 spiro atoms. The van der Waals surface area contributed by atoms with Crippen molar-refractivity contribution in [2.45, 2.75) is 31.5 Å². The first-order valence-electron chi connectivity index (χ1n) is 12.0. The van der Waals surface area contributed by atoms with Crippen LogP contribution in [0, 0.1) is 10.1 Å². The third-order valence-corrected chi connectivity index (χ3v) is 7.27. The van der Waals surface area contributed by atoms with Gasteiger partial charge in [0.25, 0.3) is 17.5 Å². The zero-order valence-electron chi connectivity index (χ0n) is 20.4. The largest absolute Gasteiger partial charge is 0.493 e. The number of carbonyl (C=O) groups is 2. The van der Waals surface area contributed by atoms with Gasteiger partial charge in [0, 0.05) is 24.3 Å². The quantitative estimate of drug-likeness (QED) is 0.223. The summed E-state index contributed by atoms with van der Waals surface area (Å²) in [5.74, 6) is -0.589. The molecule has 6 rings (SSSR count). The van der Waals surface area contributed by atoms with E-state index in [0.29, 0.717) is 23.0 Å². The highest BCUT2D eigenvalue weighted by Crippen LogP contribution is 2.56. The molecule has 2 amide bonds. The molecule has 0 aliphatic carbocycles. The molecule has 0 N–H and O–H groups in total. The molecule has 0 saturated heterocycles. The van der Waals surface area contributed by atoms with E-state index in [9.17, 15) is 32.9 Å². The predicted octanol–water partition coefficient (Wildman–Crippen LogP) is 5.85. The number of alkyl halides is 3. The van der Waals surface area contributed by atoms with Crippen molar-refractivity contribution in [2.75, 3.05) is 11.5 Å². The van der Waals surface area contributed by atoms with E-state index in [1.54, 1.807) is 31.2 Å². The van der Waals surface area contributed by atoms with Gasteiger partial charge in [-0.3, -0.25) is 19.7 Å². The van der Waals surface area contributed by atoms with Crippen LogP contribution in [0.4, 0.5) is 24.5 Å². The molecule has 0 aromatic heterocycles. The molecule has 11 heteroatoms. The van der Waals surface area contributed by atoms with Crippen LogP contribution < -0.4 is 9.64 Å². The van der Waals surface area contributed by atoms with Crippen molar-refractivity contribution in [3.05, 3.63) is 98.8 Å². The van der Waals surface area contributed by atoms with Crippen molar-refractivity contribution in [3.63, 3.8) is 0 Å². The number of fused-ring (bicyclic) bond motifs is 5. The van der Waals surface area contributed by atoms with Gasteiger partial charge in [-0.05, 0) is 48.9 Å². The molecule has 0 saturated carbocycles. The summed E-state index contributed by atoms with van der Waals surface area (Å²) >= 11 is 0. The average Bonchev–Trinajstić information content (AvgIpc) is 3.49. The predicted molar refractivity (Wildman–Crippen MR) is 133 cm³/mol. The van der Waals surface area contributed by atoms with E-state index < -0.39 is 34.1 Å². The summed E-state index contributed by atoms with van der Waals surface area (Å²) in [6.45, 7) is 1.82. The summed E-state index contributed by atoms with van der Waals surface area (Å²) in [7, 11) is 0. The molecule has 3 aromatic rings. The Balaban J connectivity index is 1.29. The van der Waals surface area contributed by atoms with E-state index in [0.717, 1.165) is 22.6 Å². The molecule has 8 nitrogen and oxygen atoms in total. The number of amides is 2. The summed E-state index contributed by atoms with van der Waals surface area (Å²) in [6.07, 6.45) is -3.94. The Labute approximate surface area is 219 Å².